The third kappa shape index (κ3) is 5.16. The van der Waals surface area contributed by atoms with Crippen LogP contribution in [0.15, 0.2) is 42.5 Å². The van der Waals surface area contributed by atoms with E-state index < -0.39 is 5.97 Å². The lowest BCUT2D eigenvalue weighted by molar-refractivity contribution is -0.131. The third-order valence-electron chi connectivity index (χ3n) is 3.66. The van der Waals surface area contributed by atoms with Gasteiger partial charge in [0.15, 0.2) is 5.78 Å². The van der Waals surface area contributed by atoms with Crippen LogP contribution in [0.1, 0.15) is 41.8 Å². The Labute approximate surface area is 147 Å². The van der Waals surface area contributed by atoms with Gasteiger partial charge in [0, 0.05) is 19.1 Å². The summed E-state index contributed by atoms with van der Waals surface area (Å²) in [4.78, 5) is 23.4. The van der Waals surface area contributed by atoms with E-state index in [2.05, 4.69) is 0 Å². The summed E-state index contributed by atoms with van der Waals surface area (Å²) in [6, 6.07) is 13.0. The summed E-state index contributed by atoms with van der Waals surface area (Å²) in [5.41, 5.74) is 1.95. The molecule has 0 atom stereocenters. The number of rotatable bonds is 8. The van der Waals surface area contributed by atoms with Gasteiger partial charge in [-0.2, -0.15) is 0 Å². The molecule has 0 aliphatic rings. The van der Waals surface area contributed by atoms with Crippen molar-refractivity contribution in [3.05, 3.63) is 59.2 Å². The molecule has 0 aromatic heterocycles. The molecular weight excluding hydrogens is 320 g/mol. The van der Waals surface area contributed by atoms with Crippen LogP contribution < -0.4 is 9.47 Å². The van der Waals surface area contributed by atoms with Gasteiger partial charge in [-0.3, -0.25) is 9.59 Å². The molecule has 5 heteroatoms. The minimum Gasteiger partial charge on any atom is -0.488 e. The summed E-state index contributed by atoms with van der Waals surface area (Å²) in [7, 11) is 0. The minimum absolute atomic E-state index is 0.0120. The third-order valence-corrected chi connectivity index (χ3v) is 3.66. The van der Waals surface area contributed by atoms with Crippen molar-refractivity contribution >= 4 is 11.8 Å². The average molecular weight is 342 g/mol. The molecule has 0 aliphatic heterocycles. The predicted molar refractivity (Wildman–Crippen MR) is 93.9 cm³/mol. The number of ketones is 1. The summed E-state index contributed by atoms with van der Waals surface area (Å²) in [6.07, 6.45) is 0.904. The van der Waals surface area contributed by atoms with Gasteiger partial charge in [-0.15, -0.1) is 0 Å². The number of Topliss-reactive ketones (excluding diaryl/α,β-unsaturated/α-hetero) is 1. The number of aliphatic hydroxyl groups excluding tert-OH is 1. The highest BCUT2D eigenvalue weighted by Gasteiger charge is 2.20. The summed E-state index contributed by atoms with van der Waals surface area (Å²) in [5, 5.41) is 9.16. The zero-order valence-electron chi connectivity index (χ0n) is 14.5. The molecule has 25 heavy (non-hydrogen) atoms. The van der Waals surface area contributed by atoms with Crippen molar-refractivity contribution in [2.45, 2.75) is 33.3 Å². The molecular formula is C20H22O5. The first-order valence-corrected chi connectivity index (χ1v) is 8.15. The first-order valence-electron chi connectivity index (χ1n) is 8.15. The first kappa shape index (κ1) is 18.7. The maximum absolute atomic E-state index is 11.9. The molecule has 0 radical (unpaired) electrons. The lowest BCUT2D eigenvalue weighted by Crippen LogP contribution is -2.11. The largest absolute Gasteiger partial charge is 0.488 e. The van der Waals surface area contributed by atoms with Crippen molar-refractivity contribution in [1.29, 1.82) is 0 Å². The molecule has 0 saturated carbocycles. The summed E-state index contributed by atoms with van der Waals surface area (Å²) < 4.78 is 11.2. The molecule has 2 aromatic rings. The van der Waals surface area contributed by atoms with Gasteiger partial charge in [-0.1, -0.05) is 30.3 Å². The predicted octanol–water partition coefficient (Wildman–Crippen LogP) is 3.32. The zero-order chi connectivity index (χ0) is 18.2. The monoisotopic (exact) mass is 342 g/mol. The van der Waals surface area contributed by atoms with Crippen LogP contribution in [0.4, 0.5) is 0 Å². The minimum atomic E-state index is -0.507. The number of ether oxygens (including phenoxy) is 2. The zero-order valence-corrected chi connectivity index (χ0v) is 14.5. The molecule has 2 aromatic carbocycles. The van der Waals surface area contributed by atoms with Crippen LogP contribution in [0.2, 0.25) is 0 Å². The Morgan fingerprint density at radius 2 is 1.76 bits per heavy atom. The standard InChI is InChI=1S/C20H22O5/c1-14(22)17-10-11-19(24-13-16-7-4-3-5-8-16)18(9-6-12-21)20(17)25-15(2)23/h3-5,7-8,10-11,21H,6,9,12-13H2,1-2H3. The number of hydrogen-bond donors (Lipinski definition) is 1. The van der Waals surface area contributed by atoms with E-state index in [1.54, 1.807) is 12.1 Å². The van der Waals surface area contributed by atoms with Crippen LogP contribution in [-0.2, 0) is 17.8 Å². The Morgan fingerprint density at radius 1 is 1.04 bits per heavy atom. The summed E-state index contributed by atoms with van der Waals surface area (Å²) >= 11 is 0. The van der Waals surface area contributed by atoms with E-state index in [9.17, 15) is 9.59 Å². The highest BCUT2D eigenvalue weighted by atomic mass is 16.5. The topological polar surface area (TPSA) is 72.8 Å². The van der Waals surface area contributed by atoms with Gasteiger partial charge in [0.05, 0.1) is 5.56 Å². The van der Waals surface area contributed by atoms with Crippen molar-refractivity contribution in [2.75, 3.05) is 6.61 Å². The van der Waals surface area contributed by atoms with E-state index in [-0.39, 0.29) is 18.1 Å². The quantitative estimate of drug-likeness (QED) is 0.453. The fourth-order valence-electron chi connectivity index (χ4n) is 2.51. The van der Waals surface area contributed by atoms with Crippen LogP contribution in [0, 0.1) is 0 Å². The normalized spacial score (nSPS) is 10.4. The maximum atomic E-state index is 11.9. The number of esters is 1. The number of hydrogen-bond acceptors (Lipinski definition) is 5. The lowest BCUT2D eigenvalue weighted by atomic mass is 10.0. The van der Waals surface area contributed by atoms with Gasteiger partial charge in [-0.25, -0.2) is 0 Å². The van der Waals surface area contributed by atoms with Gasteiger partial charge in [0.2, 0.25) is 0 Å². The molecule has 0 unspecified atom stereocenters. The van der Waals surface area contributed by atoms with E-state index in [1.807, 2.05) is 30.3 Å². The Morgan fingerprint density at radius 3 is 2.36 bits per heavy atom. The molecule has 1 N–H and O–H groups in total. The van der Waals surface area contributed by atoms with Crippen LogP contribution >= 0.6 is 0 Å². The Bertz CT molecular complexity index is 737. The van der Waals surface area contributed by atoms with Crippen LogP contribution in [0.25, 0.3) is 0 Å². The Kier molecular flexibility index (Phi) is 6.71. The van der Waals surface area contributed by atoms with E-state index in [4.69, 9.17) is 14.6 Å². The number of benzene rings is 2. The molecule has 0 amide bonds. The van der Waals surface area contributed by atoms with Crippen molar-refractivity contribution in [3.63, 3.8) is 0 Å². The van der Waals surface area contributed by atoms with Crippen molar-refractivity contribution in [2.24, 2.45) is 0 Å². The molecule has 0 heterocycles. The van der Waals surface area contributed by atoms with Gasteiger partial charge in [0.25, 0.3) is 0 Å². The van der Waals surface area contributed by atoms with Crippen molar-refractivity contribution in [1.82, 2.24) is 0 Å². The fraction of sp³-hybridized carbons (Fsp3) is 0.300. The molecule has 0 spiro atoms. The van der Waals surface area contributed by atoms with Gasteiger partial charge in [-0.05, 0) is 37.5 Å². The van der Waals surface area contributed by atoms with E-state index in [0.29, 0.717) is 36.3 Å². The van der Waals surface area contributed by atoms with Crippen LogP contribution in [0.5, 0.6) is 11.5 Å². The number of aliphatic hydroxyl groups is 1. The molecule has 0 fully saturated rings. The molecule has 0 bridgehead atoms. The Balaban J connectivity index is 2.39. The highest BCUT2D eigenvalue weighted by Crippen LogP contribution is 2.34. The second-order valence-electron chi connectivity index (χ2n) is 5.67. The smallest absolute Gasteiger partial charge is 0.308 e. The molecule has 2 rings (SSSR count). The average Bonchev–Trinajstić information content (AvgIpc) is 2.59. The molecule has 0 saturated heterocycles. The number of carbonyl (C=O) groups excluding carboxylic acids is 2. The van der Waals surface area contributed by atoms with E-state index >= 15 is 0 Å². The fourth-order valence-corrected chi connectivity index (χ4v) is 2.51. The van der Waals surface area contributed by atoms with Gasteiger partial charge < -0.3 is 14.6 Å². The molecule has 132 valence electrons. The highest BCUT2D eigenvalue weighted by molar-refractivity contribution is 5.98. The molecule has 5 nitrogen and oxygen atoms in total. The lowest BCUT2D eigenvalue weighted by Gasteiger charge is -2.17. The summed E-state index contributed by atoms with van der Waals surface area (Å²) in [5.74, 6) is 0.0571. The SMILES string of the molecule is CC(=O)Oc1c(C(C)=O)ccc(OCc2ccccc2)c1CCCO. The van der Waals surface area contributed by atoms with Crippen molar-refractivity contribution < 1.29 is 24.2 Å². The van der Waals surface area contributed by atoms with Crippen LogP contribution in [0.3, 0.4) is 0 Å². The maximum Gasteiger partial charge on any atom is 0.308 e. The summed E-state index contributed by atoms with van der Waals surface area (Å²) in [6.45, 7) is 3.05. The number of carbonyl (C=O) groups is 2. The van der Waals surface area contributed by atoms with E-state index in [0.717, 1.165) is 5.56 Å². The molecule has 0 aliphatic carbocycles. The second kappa shape index (κ2) is 8.99. The van der Waals surface area contributed by atoms with Crippen molar-refractivity contribution in [3.8, 4) is 11.5 Å². The first-order chi connectivity index (χ1) is 12.0. The van der Waals surface area contributed by atoms with Crippen LogP contribution in [-0.4, -0.2) is 23.5 Å². The van der Waals surface area contributed by atoms with E-state index in [1.165, 1.54) is 13.8 Å². The van der Waals surface area contributed by atoms with Gasteiger partial charge >= 0.3 is 5.97 Å². The second-order valence-corrected chi connectivity index (χ2v) is 5.67. The Hall–Kier alpha value is -2.66. The van der Waals surface area contributed by atoms with Gasteiger partial charge in [0.1, 0.15) is 18.1 Å².